The van der Waals surface area contributed by atoms with Crippen molar-refractivity contribution in [3.63, 3.8) is 0 Å². The van der Waals surface area contributed by atoms with E-state index >= 15 is 0 Å². The van der Waals surface area contributed by atoms with E-state index in [1.807, 2.05) is 20.1 Å². The smallest absolute Gasteiger partial charge is 0.323 e. The molecule has 0 saturated carbocycles. The van der Waals surface area contributed by atoms with Crippen molar-refractivity contribution in [3.8, 4) is 0 Å². The summed E-state index contributed by atoms with van der Waals surface area (Å²) in [6.45, 7) is 3.95. The average Bonchev–Trinajstić information content (AvgIpc) is 2.75. The Kier molecular flexibility index (Phi) is 5.95. The third kappa shape index (κ3) is 4.98. The van der Waals surface area contributed by atoms with Crippen LogP contribution in [-0.2, 0) is 10.5 Å². The molecule has 5 nitrogen and oxygen atoms in total. The standard InChI is InChI=1S/C13H19NO4S/c1-9(2)6-14(7-12(15)16)13(17)11-5-4-10(18-11)8-19-3/h4-5,9H,6-8H2,1-3H3,(H,15,16). The Hall–Kier alpha value is -1.43. The van der Waals surface area contributed by atoms with Gasteiger partial charge >= 0.3 is 5.97 Å². The number of carboxylic acid groups (broad SMARTS) is 1. The number of carbonyl (C=O) groups excluding carboxylic acids is 1. The van der Waals surface area contributed by atoms with E-state index in [9.17, 15) is 9.59 Å². The van der Waals surface area contributed by atoms with Gasteiger partial charge in [0.1, 0.15) is 12.3 Å². The molecule has 1 N–H and O–H groups in total. The molecular formula is C13H19NO4S. The number of nitrogens with zero attached hydrogens (tertiary/aromatic N) is 1. The Labute approximate surface area is 117 Å². The second-order valence-corrected chi connectivity index (χ2v) is 5.54. The highest BCUT2D eigenvalue weighted by molar-refractivity contribution is 7.97. The second kappa shape index (κ2) is 7.23. The van der Waals surface area contributed by atoms with Crippen molar-refractivity contribution in [2.45, 2.75) is 19.6 Å². The van der Waals surface area contributed by atoms with Gasteiger partial charge in [0.15, 0.2) is 5.76 Å². The third-order valence-corrected chi connectivity index (χ3v) is 2.93. The van der Waals surface area contributed by atoms with Crippen molar-refractivity contribution in [3.05, 3.63) is 23.7 Å². The van der Waals surface area contributed by atoms with Crippen LogP contribution in [0.1, 0.15) is 30.2 Å². The van der Waals surface area contributed by atoms with Crippen molar-refractivity contribution in [2.75, 3.05) is 19.3 Å². The minimum absolute atomic E-state index is 0.198. The third-order valence-electron chi connectivity index (χ3n) is 2.36. The number of aliphatic carboxylic acids is 1. The van der Waals surface area contributed by atoms with Gasteiger partial charge in [0.05, 0.1) is 5.75 Å². The Morgan fingerprint density at radius 1 is 1.42 bits per heavy atom. The van der Waals surface area contributed by atoms with Crippen LogP contribution >= 0.6 is 11.8 Å². The normalized spacial score (nSPS) is 10.7. The Bertz CT molecular complexity index is 442. The van der Waals surface area contributed by atoms with Crippen molar-refractivity contribution in [1.29, 1.82) is 0 Å². The van der Waals surface area contributed by atoms with Gasteiger partial charge in [-0.1, -0.05) is 13.8 Å². The molecule has 0 spiro atoms. The van der Waals surface area contributed by atoms with Gasteiger partial charge in [0.2, 0.25) is 0 Å². The maximum Gasteiger partial charge on any atom is 0.323 e. The summed E-state index contributed by atoms with van der Waals surface area (Å²) in [5.74, 6) is 0.412. The van der Waals surface area contributed by atoms with Crippen LogP contribution in [0.3, 0.4) is 0 Å². The molecule has 0 bridgehead atoms. The fraction of sp³-hybridized carbons (Fsp3) is 0.538. The number of amides is 1. The molecule has 0 unspecified atom stereocenters. The molecular weight excluding hydrogens is 266 g/mol. The van der Waals surface area contributed by atoms with E-state index < -0.39 is 5.97 Å². The van der Waals surface area contributed by atoms with E-state index in [-0.39, 0.29) is 24.1 Å². The molecule has 106 valence electrons. The number of rotatable bonds is 7. The van der Waals surface area contributed by atoms with Gasteiger partial charge in [0.25, 0.3) is 5.91 Å². The van der Waals surface area contributed by atoms with E-state index in [4.69, 9.17) is 9.52 Å². The number of hydrogen-bond donors (Lipinski definition) is 1. The van der Waals surface area contributed by atoms with Gasteiger partial charge in [0, 0.05) is 6.54 Å². The predicted octanol–water partition coefficient (Wildman–Crippen LogP) is 2.33. The second-order valence-electron chi connectivity index (χ2n) is 4.67. The van der Waals surface area contributed by atoms with Crippen LogP contribution in [0.2, 0.25) is 0 Å². The molecule has 1 aromatic heterocycles. The van der Waals surface area contributed by atoms with Gasteiger partial charge in [-0.3, -0.25) is 9.59 Å². The lowest BCUT2D eigenvalue weighted by Gasteiger charge is -2.21. The molecule has 0 radical (unpaired) electrons. The van der Waals surface area contributed by atoms with Crippen LogP contribution in [0.4, 0.5) is 0 Å². The van der Waals surface area contributed by atoms with Gasteiger partial charge in [-0.2, -0.15) is 11.8 Å². The maximum atomic E-state index is 12.2. The van der Waals surface area contributed by atoms with E-state index in [1.165, 1.54) is 4.90 Å². The minimum Gasteiger partial charge on any atom is -0.480 e. The number of carboxylic acids is 1. The van der Waals surface area contributed by atoms with Crippen LogP contribution in [0.25, 0.3) is 0 Å². The van der Waals surface area contributed by atoms with Gasteiger partial charge < -0.3 is 14.4 Å². The summed E-state index contributed by atoms with van der Waals surface area (Å²) in [5.41, 5.74) is 0. The van der Waals surface area contributed by atoms with Gasteiger partial charge in [-0.05, 0) is 24.3 Å². The highest BCUT2D eigenvalue weighted by atomic mass is 32.2. The number of thioether (sulfide) groups is 1. The molecule has 0 atom stereocenters. The summed E-state index contributed by atoms with van der Waals surface area (Å²) in [6.07, 6.45) is 1.94. The van der Waals surface area contributed by atoms with Crippen molar-refractivity contribution < 1.29 is 19.1 Å². The molecule has 0 aliphatic rings. The lowest BCUT2D eigenvalue weighted by atomic mass is 10.2. The molecule has 1 rings (SSSR count). The number of carbonyl (C=O) groups is 2. The van der Waals surface area contributed by atoms with Crippen LogP contribution in [0.5, 0.6) is 0 Å². The first kappa shape index (κ1) is 15.6. The summed E-state index contributed by atoms with van der Waals surface area (Å²) in [5, 5.41) is 8.85. The SMILES string of the molecule is CSCc1ccc(C(=O)N(CC(=O)O)CC(C)C)o1. The first-order valence-electron chi connectivity index (χ1n) is 6.02. The zero-order chi connectivity index (χ0) is 14.4. The maximum absolute atomic E-state index is 12.2. The van der Waals surface area contributed by atoms with Gasteiger partial charge in [-0.25, -0.2) is 0 Å². The minimum atomic E-state index is -1.02. The van der Waals surface area contributed by atoms with Crippen LogP contribution in [0.15, 0.2) is 16.5 Å². The molecule has 1 heterocycles. The van der Waals surface area contributed by atoms with Crippen molar-refractivity contribution in [2.24, 2.45) is 5.92 Å². The molecule has 0 aliphatic heterocycles. The first-order valence-corrected chi connectivity index (χ1v) is 7.42. The van der Waals surface area contributed by atoms with E-state index in [1.54, 1.807) is 23.9 Å². The first-order chi connectivity index (χ1) is 8.93. The Morgan fingerprint density at radius 3 is 2.63 bits per heavy atom. The molecule has 6 heteroatoms. The average molecular weight is 285 g/mol. The molecule has 0 aromatic carbocycles. The lowest BCUT2D eigenvalue weighted by molar-refractivity contribution is -0.137. The van der Waals surface area contributed by atoms with E-state index in [2.05, 4.69) is 0 Å². The summed E-state index contributed by atoms with van der Waals surface area (Å²) >= 11 is 1.60. The largest absolute Gasteiger partial charge is 0.480 e. The Morgan fingerprint density at radius 2 is 2.11 bits per heavy atom. The highest BCUT2D eigenvalue weighted by Gasteiger charge is 2.22. The van der Waals surface area contributed by atoms with Crippen LogP contribution < -0.4 is 0 Å². The topological polar surface area (TPSA) is 70.8 Å². The molecule has 19 heavy (non-hydrogen) atoms. The fourth-order valence-corrected chi connectivity index (χ4v) is 2.13. The zero-order valence-corrected chi connectivity index (χ0v) is 12.2. The molecule has 1 aromatic rings. The summed E-state index contributed by atoms with van der Waals surface area (Å²) < 4.78 is 5.42. The zero-order valence-electron chi connectivity index (χ0n) is 11.4. The summed E-state index contributed by atoms with van der Waals surface area (Å²) in [6, 6.07) is 3.35. The molecule has 0 saturated heterocycles. The van der Waals surface area contributed by atoms with E-state index in [0.717, 1.165) is 5.76 Å². The van der Waals surface area contributed by atoms with E-state index in [0.29, 0.717) is 12.3 Å². The van der Waals surface area contributed by atoms with Crippen LogP contribution in [-0.4, -0.2) is 41.2 Å². The van der Waals surface area contributed by atoms with Crippen LogP contribution in [0, 0.1) is 5.92 Å². The van der Waals surface area contributed by atoms with Gasteiger partial charge in [-0.15, -0.1) is 0 Å². The lowest BCUT2D eigenvalue weighted by Crippen LogP contribution is -2.38. The number of furan rings is 1. The monoisotopic (exact) mass is 285 g/mol. The predicted molar refractivity (Wildman–Crippen MR) is 74.3 cm³/mol. The quantitative estimate of drug-likeness (QED) is 0.832. The Balaban J connectivity index is 2.81. The molecule has 0 aliphatic carbocycles. The van der Waals surface area contributed by atoms with Crippen molar-refractivity contribution >= 4 is 23.6 Å². The highest BCUT2D eigenvalue weighted by Crippen LogP contribution is 2.15. The summed E-state index contributed by atoms with van der Waals surface area (Å²) in [4.78, 5) is 24.3. The fourth-order valence-electron chi connectivity index (χ4n) is 1.69. The number of hydrogen-bond acceptors (Lipinski definition) is 4. The molecule has 1 amide bonds. The van der Waals surface area contributed by atoms with Crippen molar-refractivity contribution in [1.82, 2.24) is 4.90 Å². The summed E-state index contributed by atoms with van der Waals surface area (Å²) in [7, 11) is 0. The molecule has 0 fully saturated rings.